The van der Waals surface area contributed by atoms with Crippen LogP contribution < -0.4 is 10.1 Å². The number of amides is 2. The molecule has 5 nitrogen and oxygen atoms in total. The molecular formula is C19H24N2O3. The lowest BCUT2D eigenvalue weighted by Gasteiger charge is -2.17. The first-order valence-corrected chi connectivity index (χ1v) is 8.51. The summed E-state index contributed by atoms with van der Waals surface area (Å²) in [5, 5.41) is 14.2. The molecule has 2 aromatic rings. The highest BCUT2D eigenvalue weighted by Gasteiger charge is 2.25. The maximum absolute atomic E-state index is 12.1. The monoisotopic (exact) mass is 328 g/mol. The lowest BCUT2D eigenvalue weighted by Crippen LogP contribution is -2.40. The Kier molecular flexibility index (Phi) is 5.54. The fourth-order valence-electron chi connectivity index (χ4n) is 3.13. The standard InChI is InChI=1S/C19H24N2O3/c22-11-8-15-7-10-21(14-15)19(23)20-9-12-24-18-6-5-16-3-1-2-4-17(16)13-18/h1-6,13,15,22H,7-12,14H2,(H,20,23). The minimum absolute atomic E-state index is 0.0439. The summed E-state index contributed by atoms with van der Waals surface area (Å²) in [6.07, 6.45) is 1.75. The van der Waals surface area contributed by atoms with Crippen molar-refractivity contribution >= 4 is 16.8 Å². The van der Waals surface area contributed by atoms with Gasteiger partial charge in [-0.3, -0.25) is 0 Å². The zero-order chi connectivity index (χ0) is 16.8. The molecule has 1 aliphatic rings. The van der Waals surface area contributed by atoms with Crippen molar-refractivity contribution in [2.24, 2.45) is 5.92 Å². The second kappa shape index (κ2) is 8.02. The molecule has 0 spiro atoms. The van der Waals surface area contributed by atoms with E-state index in [0.29, 0.717) is 19.1 Å². The van der Waals surface area contributed by atoms with Gasteiger partial charge in [-0.15, -0.1) is 0 Å². The van der Waals surface area contributed by atoms with E-state index in [0.717, 1.165) is 37.1 Å². The molecule has 0 saturated carbocycles. The summed E-state index contributed by atoms with van der Waals surface area (Å²) in [4.78, 5) is 13.9. The Morgan fingerprint density at radius 3 is 2.92 bits per heavy atom. The Labute approximate surface area is 142 Å². The minimum atomic E-state index is -0.0439. The molecule has 0 aromatic heterocycles. The molecule has 1 atom stereocenters. The first-order chi connectivity index (χ1) is 11.8. The number of fused-ring (bicyclic) bond motifs is 1. The Hall–Kier alpha value is -2.27. The normalized spacial score (nSPS) is 17.2. The number of rotatable bonds is 6. The summed E-state index contributed by atoms with van der Waals surface area (Å²) in [6, 6.07) is 14.1. The summed E-state index contributed by atoms with van der Waals surface area (Å²) >= 11 is 0. The topological polar surface area (TPSA) is 61.8 Å². The van der Waals surface area contributed by atoms with Crippen LogP contribution in [0.3, 0.4) is 0 Å². The van der Waals surface area contributed by atoms with Gasteiger partial charge in [0.2, 0.25) is 0 Å². The van der Waals surface area contributed by atoms with Gasteiger partial charge in [0.1, 0.15) is 12.4 Å². The number of carbonyl (C=O) groups excluding carboxylic acids is 1. The molecule has 0 bridgehead atoms. The number of hydrogen-bond acceptors (Lipinski definition) is 3. The average molecular weight is 328 g/mol. The summed E-state index contributed by atoms with van der Waals surface area (Å²) in [7, 11) is 0. The average Bonchev–Trinajstić information content (AvgIpc) is 3.07. The van der Waals surface area contributed by atoms with Crippen molar-refractivity contribution < 1.29 is 14.6 Å². The molecule has 2 amide bonds. The van der Waals surface area contributed by atoms with E-state index in [4.69, 9.17) is 9.84 Å². The highest BCUT2D eigenvalue weighted by Crippen LogP contribution is 2.20. The first-order valence-electron chi connectivity index (χ1n) is 8.51. The number of hydrogen-bond donors (Lipinski definition) is 2. The van der Waals surface area contributed by atoms with Crippen LogP contribution in [0.4, 0.5) is 4.79 Å². The molecular weight excluding hydrogens is 304 g/mol. The number of nitrogens with one attached hydrogen (secondary N) is 1. The van der Waals surface area contributed by atoms with Gasteiger partial charge in [-0.1, -0.05) is 30.3 Å². The number of nitrogens with zero attached hydrogens (tertiary/aromatic N) is 1. The van der Waals surface area contributed by atoms with Gasteiger partial charge in [-0.25, -0.2) is 4.79 Å². The molecule has 2 aromatic carbocycles. The van der Waals surface area contributed by atoms with Gasteiger partial charge in [0.05, 0.1) is 6.54 Å². The Morgan fingerprint density at radius 2 is 2.08 bits per heavy atom. The van der Waals surface area contributed by atoms with Crippen LogP contribution in [0, 0.1) is 5.92 Å². The number of likely N-dealkylation sites (tertiary alicyclic amines) is 1. The third-order valence-electron chi connectivity index (χ3n) is 4.48. The van der Waals surface area contributed by atoms with E-state index in [1.165, 1.54) is 5.39 Å². The van der Waals surface area contributed by atoms with Gasteiger partial charge in [0.15, 0.2) is 0 Å². The van der Waals surface area contributed by atoms with Crippen LogP contribution in [-0.4, -0.2) is 48.9 Å². The van der Waals surface area contributed by atoms with Crippen LogP contribution in [0.25, 0.3) is 10.8 Å². The molecule has 0 aliphatic carbocycles. The van der Waals surface area contributed by atoms with Crippen molar-refractivity contribution in [1.29, 1.82) is 0 Å². The largest absolute Gasteiger partial charge is 0.492 e. The number of aliphatic hydroxyl groups is 1. The Morgan fingerprint density at radius 1 is 1.25 bits per heavy atom. The number of benzene rings is 2. The van der Waals surface area contributed by atoms with Gasteiger partial charge in [-0.05, 0) is 41.7 Å². The molecule has 1 fully saturated rings. The molecule has 1 unspecified atom stereocenters. The van der Waals surface area contributed by atoms with Crippen molar-refractivity contribution in [2.45, 2.75) is 12.8 Å². The van der Waals surface area contributed by atoms with Gasteiger partial charge >= 0.3 is 6.03 Å². The smallest absolute Gasteiger partial charge is 0.317 e. The third kappa shape index (κ3) is 4.17. The predicted molar refractivity (Wildman–Crippen MR) is 94.2 cm³/mol. The lowest BCUT2D eigenvalue weighted by atomic mass is 10.1. The molecule has 1 saturated heterocycles. The molecule has 24 heavy (non-hydrogen) atoms. The van der Waals surface area contributed by atoms with Gasteiger partial charge < -0.3 is 20.1 Å². The van der Waals surface area contributed by atoms with Crippen molar-refractivity contribution in [3.8, 4) is 5.75 Å². The third-order valence-corrected chi connectivity index (χ3v) is 4.48. The maximum Gasteiger partial charge on any atom is 0.317 e. The zero-order valence-electron chi connectivity index (χ0n) is 13.8. The van der Waals surface area contributed by atoms with Crippen LogP contribution in [0.5, 0.6) is 5.75 Å². The highest BCUT2D eigenvalue weighted by molar-refractivity contribution is 5.83. The van der Waals surface area contributed by atoms with Crippen molar-refractivity contribution in [2.75, 3.05) is 32.8 Å². The van der Waals surface area contributed by atoms with Crippen LogP contribution in [0.15, 0.2) is 42.5 Å². The Bertz CT molecular complexity index is 689. The van der Waals surface area contributed by atoms with E-state index in [-0.39, 0.29) is 12.6 Å². The first kappa shape index (κ1) is 16.6. The van der Waals surface area contributed by atoms with E-state index in [1.807, 2.05) is 35.2 Å². The van der Waals surface area contributed by atoms with Crippen molar-refractivity contribution in [3.05, 3.63) is 42.5 Å². The second-order valence-electron chi connectivity index (χ2n) is 6.20. The zero-order valence-corrected chi connectivity index (χ0v) is 13.8. The summed E-state index contributed by atoms with van der Waals surface area (Å²) in [6.45, 7) is 2.62. The van der Waals surface area contributed by atoms with Crippen LogP contribution in [-0.2, 0) is 0 Å². The fourth-order valence-corrected chi connectivity index (χ4v) is 3.13. The van der Waals surface area contributed by atoms with Crippen LogP contribution in [0.2, 0.25) is 0 Å². The molecule has 1 heterocycles. The van der Waals surface area contributed by atoms with E-state index in [9.17, 15) is 4.79 Å². The molecule has 128 valence electrons. The summed E-state index contributed by atoms with van der Waals surface area (Å²) in [5.41, 5.74) is 0. The lowest BCUT2D eigenvalue weighted by molar-refractivity contribution is 0.201. The SMILES string of the molecule is O=C(NCCOc1ccc2ccccc2c1)N1CCC(CCO)C1. The second-order valence-corrected chi connectivity index (χ2v) is 6.20. The summed E-state index contributed by atoms with van der Waals surface area (Å²) < 4.78 is 5.72. The Balaban J connectivity index is 1.41. The van der Waals surface area contributed by atoms with Gasteiger partial charge in [0, 0.05) is 19.7 Å². The maximum atomic E-state index is 12.1. The molecule has 5 heteroatoms. The van der Waals surface area contributed by atoms with Crippen molar-refractivity contribution in [3.63, 3.8) is 0 Å². The van der Waals surface area contributed by atoms with Crippen LogP contribution in [0.1, 0.15) is 12.8 Å². The molecule has 1 aliphatic heterocycles. The van der Waals surface area contributed by atoms with Gasteiger partial charge in [-0.2, -0.15) is 0 Å². The van der Waals surface area contributed by atoms with E-state index in [1.54, 1.807) is 0 Å². The summed E-state index contributed by atoms with van der Waals surface area (Å²) in [5.74, 6) is 1.24. The molecule has 2 N–H and O–H groups in total. The number of aliphatic hydroxyl groups excluding tert-OH is 1. The quantitative estimate of drug-likeness (QED) is 0.801. The fraction of sp³-hybridized carbons (Fsp3) is 0.421. The van der Waals surface area contributed by atoms with E-state index in [2.05, 4.69) is 17.4 Å². The number of urea groups is 1. The highest BCUT2D eigenvalue weighted by atomic mass is 16.5. The predicted octanol–water partition coefficient (Wildman–Crippen LogP) is 2.63. The minimum Gasteiger partial charge on any atom is -0.492 e. The number of ether oxygens (including phenoxy) is 1. The van der Waals surface area contributed by atoms with Crippen LogP contribution >= 0.6 is 0 Å². The van der Waals surface area contributed by atoms with E-state index >= 15 is 0 Å². The molecule has 0 radical (unpaired) electrons. The van der Waals surface area contributed by atoms with Gasteiger partial charge in [0.25, 0.3) is 0 Å². The van der Waals surface area contributed by atoms with Crippen molar-refractivity contribution in [1.82, 2.24) is 10.2 Å². The van der Waals surface area contributed by atoms with E-state index < -0.39 is 0 Å². The molecule has 3 rings (SSSR count). The number of carbonyl (C=O) groups is 1.